The van der Waals surface area contributed by atoms with Gasteiger partial charge in [-0.3, -0.25) is 14.2 Å². The number of carbonyl (C=O) groups excluding carboxylic acids is 1. The molecular formula is C19H23N3O3S. The molecule has 1 amide bonds. The van der Waals surface area contributed by atoms with Gasteiger partial charge in [-0.25, -0.2) is 4.98 Å². The second-order valence-corrected chi connectivity index (χ2v) is 8.27. The Balaban J connectivity index is 1.53. The van der Waals surface area contributed by atoms with Gasteiger partial charge in [0.1, 0.15) is 0 Å². The number of ether oxygens (including phenoxy) is 1. The first-order valence-corrected chi connectivity index (χ1v) is 10.1. The lowest BCUT2D eigenvalue weighted by Crippen LogP contribution is -2.37. The molecule has 4 rings (SSSR count). The van der Waals surface area contributed by atoms with E-state index in [9.17, 15) is 9.59 Å². The first kappa shape index (κ1) is 17.5. The Hall–Kier alpha value is -1.86. The highest BCUT2D eigenvalue weighted by Gasteiger charge is 2.30. The summed E-state index contributed by atoms with van der Waals surface area (Å²) in [5.41, 5.74) is 0.677. The van der Waals surface area contributed by atoms with Crippen LogP contribution in [-0.4, -0.2) is 40.0 Å². The number of benzene rings is 1. The van der Waals surface area contributed by atoms with Gasteiger partial charge < -0.3 is 10.1 Å². The van der Waals surface area contributed by atoms with Gasteiger partial charge in [0, 0.05) is 19.2 Å². The molecular weight excluding hydrogens is 350 g/mol. The number of nitrogens with one attached hydrogen (secondary N) is 1. The number of hydrogen-bond acceptors (Lipinski definition) is 5. The summed E-state index contributed by atoms with van der Waals surface area (Å²) in [4.78, 5) is 30.0. The fourth-order valence-corrected chi connectivity index (χ4v) is 4.24. The third-order valence-corrected chi connectivity index (χ3v) is 5.93. The molecule has 0 unspecified atom stereocenters. The Morgan fingerprint density at radius 2 is 2.19 bits per heavy atom. The van der Waals surface area contributed by atoms with Gasteiger partial charge in [-0.1, -0.05) is 23.9 Å². The van der Waals surface area contributed by atoms with E-state index in [1.807, 2.05) is 31.2 Å². The molecule has 7 heteroatoms. The van der Waals surface area contributed by atoms with Crippen molar-refractivity contribution in [2.24, 2.45) is 0 Å². The average molecular weight is 373 g/mol. The van der Waals surface area contributed by atoms with Crippen molar-refractivity contribution in [1.82, 2.24) is 14.9 Å². The maximum atomic E-state index is 12.9. The van der Waals surface area contributed by atoms with E-state index in [2.05, 4.69) is 10.3 Å². The van der Waals surface area contributed by atoms with E-state index in [-0.39, 0.29) is 28.9 Å². The molecule has 2 atom stereocenters. The minimum Gasteiger partial charge on any atom is -0.376 e. The van der Waals surface area contributed by atoms with Crippen LogP contribution in [0.2, 0.25) is 0 Å². The third kappa shape index (κ3) is 3.64. The molecule has 1 aromatic carbocycles. The molecule has 1 N–H and O–H groups in total. The molecule has 0 radical (unpaired) electrons. The lowest BCUT2D eigenvalue weighted by molar-refractivity contribution is -0.120. The summed E-state index contributed by atoms with van der Waals surface area (Å²) in [5, 5.41) is 3.91. The summed E-state index contributed by atoms with van der Waals surface area (Å²) in [5.74, 6) is -0.0461. The number of aromatic nitrogens is 2. The molecule has 6 nitrogen and oxygen atoms in total. The van der Waals surface area contributed by atoms with Crippen LogP contribution in [0.1, 0.15) is 38.6 Å². The van der Waals surface area contributed by atoms with Crippen LogP contribution in [0.3, 0.4) is 0 Å². The standard InChI is InChI=1S/C19H23N3O3S/c1-12(17(23)20-11-14-5-4-10-25-14)26-19-21-16-7-3-2-6-15(16)18(24)22(19)13-8-9-13/h2-3,6-7,12-14H,4-5,8-11H2,1H3,(H,20,23)/t12-,14-/m0/s1. The summed E-state index contributed by atoms with van der Waals surface area (Å²) < 4.78 is 7.32. The zero-order chi connectivity index (χ0) is 18.1. The highest BCUT2D eigenvalue weighted by atomic mass is 32.2. The van der Waals surface area contributed by atoms with Crippen LogP contribution in [0.5, 0.6) is 0 Å². The Morgan fingerprint density at radius 3 is 2.92 bits per heavy atom. The van der Waals surface area contributed by atoms with E-state index in [0.29, 0.717) is 22.6 Å². The van der Waals surface area contributed by atoms with Crippen molar-refractivity contribution >= 4 is 28.6 Å². The molecule has 2 aromatic rings. The van der Waals surface area contributed by atoms with E-state index in [4.69, 9.17) is 4.74 Å². The molecule has 138 valence electrons. The Bertz CT molecular complexity index is 872. The van der Waals surface area contributed by atoms with Crippen LogP contribution in [0.25, 0.3) is 10.9 Å². The maximum absolute atomic E-state index is 12.9. The van der Waals surface area contributed by atoms with Gasteiger partial charge in [0.15, 0.2) is 5.16 Å². The molecule has 2 fully saturated rings. The van der Waals surface area contributed by atoms with Crippen LogP contribution in [0, 0.1) is 0 Å². The van der Waals surface area contributed by atoms with Gasteiger partial charge in [-0.05, 0) is 44.7 Å². The van der Waals surface area contributed by atoms with Crippen molar-refractivity contribution in [2.45, 2.75) is 55.2 Å². The Morgan fingerprint density at radius 1 is 1.38 bits per heavy atom. The van der Waals surface area contributed by atoms with Crippen molar-refractivity contribution in [1.29, 1.82) is 0 Å². The zero-order valence-corrected chi connectivity index (χ0v) is 15.6. The lowest BCUT2D eigenvalue weighted by Gasteiger charge is -2.17. The first-order valence-electron chi connectivity index (χ1n) is 9.21. The largest absolute Gasteiger partial charge is 0.376 e. The minimum absolute atomic E-state index is 0.00689. The fourth-order valence-electron chi connectivity index (χ4n) is 3.24. The third-order valence-electron chi connectivity index (χ3n) is 4.87. The number of carbonyl (C=O) groups is 1. The topological polar surface area (TPSA) is 73.2 Å². The normalized spacial score (nSPS) is 21.0. The summed E-state index contributed by atoms with van der Waals surface area (Å²) in [7, 11) is 0. The quantitative estimate of drug-likeness (QED) is 0.622. The zero-order valence-electron chi connectivity index (χ0n) is 14.8. The number of rotatable bonds is 6. The number of para-hydroxylation sites is 1. The van der Waals surface area contributed by atoms with Crippen molar-refractivity contribution in [3.8, 4) is 0 Å². The molecule has 0 bridgehead atoms. The van der Waals surface area contributed by atoms with Gasteiger partial charge in [0.05, 0.1) is 22.3 Å². The summed E-state index contributed by atoms with van der Waals surface area (Å²) in [6.45, 7) is 3.18. The van der Waals surface area contributed by atoms with Crippen molar-refractivity contribution in [2.75, 3.05) is 13.2 Å². The predicted molar refractivity (Wildman–Crippen MR) is 102 cm³/mol. The smallest absolute Gasteiger partial charge is 0.262 e. The number of thioether (sulfide) groups is 1. The van der Waals surface area contributed by atoms with E-state index < -0.39 is 0 Å². The SMILES string of the molecule is C[C@H](Sc1nc2ccccc2c(=O)n1C1CC1)C(=O)NC[C@@H]1CCCO1. The van der Waals surface area contributed by atoms with E-state index in [1.165, 1.54) is 11.8 Å². The molecule has 26 heavy (non-hydrogen) atoms. The summed E-state index contributed by atoms with van der Waals surface area (Å²) in [6, 6.07) is 7.61. The Kier molecular flexibility index (Phi) is 5.00. The molecule has 2 heterocycles. The maximum Gasteiger partial charge on any atom is 0.262 e. The molecule has 2 aliphatic rings. The number of nitrogens with zero attached hydrogens (tertiary/aromatic N) is 2. The molecule has 1 saturated heterocycles. The van der Waals surface area contributed by atoms with Gasteiger partial charge in [0.25, 0.3) is 5.56 Å². The molecule has 1 aliphatic carbocycles. The van der Waals surface area contributed by atoms with Crippen LogP contribution >= 0.6 is 11.8 Å². The van der Waals surface area contributed by atoms with Crippen LogP contribution in [0.4, 0.5) is 0 Å². The van der Waals surface area contributed by atoms with Crippen molar-refractivity contribution in [3.05, 3.63) is 34.6 Å². The van der Waals surface area contributed by atoms with Crippen LogP contribution < -0.4 is 10.9 Å². The molecule has 1 saturated carbocycles. The first-order chi connectivity index (χ1) is 12.6. The van der Waals surface area contributed by atoms with E-state index >= 15 is 0 Å². The molecule has 1 aromatic heterocycles. The van der Waals surface area contributed by atoms with Gasteiger partial charge in [0.2, 0.25) is 5.91 Å². The van der Waals surface area contributed by atoms with E-state index in [0.717, 1.165) is 32.3 Å². The highest BCUT2D eigenvalue weighted by Crippen LogP contribution is 2.37. The predicted octanol–water partition coefficient (Wildman–Crippen LogP) is 2.51. The van der Waals surface area contributed by atoms with Gasteiger partial charge >= 0.3 is 0 Å². The van der Waals surface area contributed by atoms with Crippen LogP contribution in [0.15, 0.2) is 34.2 Å². The monoisotopic (exact) mass is 373 g/mol. The van der Waals surface area contributed by atoms with Gasteiger partial charge in [-0.15, -0.1) is 0 Å². The Labute approximate surface area is 156 Å². The van der Waals surface area contributed by atoms with Gasteiger partial charge in [-0.2, -0.15) is 0 Å². The second kappa shape index (κ2) is 7.40. The van der Waals surface area contributed by atoms with Crippen molar-refractivity contribution < 1.29 is 9.53 Å². The fraction of sp³-hybridized carbons (Fsp3) is 0.526. The highest BCUT2D eigenvalue weighted by molar-refractivity contribution is 8.00. The number of amides is 1. The summed E-state index contributed by atoms with van der Waals surface area (Å²) in [6.07, 6.45) is 4.16. The van der Waals surface area contributed by atoms with E-state index in [1.54, 1.807) is 4.57 Å². The van der Waals surface area contributed by atoms with Crippen LogP contribution in [-0.2, 0) is 9.53 Å². The average Bonchev–Trinajstić information content (AvgIpc) is 3.33. The minimum atomic E-state index is -0.325. The molecule has 1 aliphatic heterocycles. The number of hydrogen-bond donors (Lipinski definition) is 1. The second-order valence-electron chi connectivity index (χ2n) is 6.96. The number of fused-ring (bicyclic) bond motifs is 1. The van der Waals surface area contributed by atoms with Crippen molar-refractivity contribution in [3.63, 3.8) is 0 Å². The lowest BCUT2D eigenvalue weighted by atomic mass is 10.2. The molecule has 0 spiro atoms. The summed E-state index contributed by atoms with van der Waals surface area (Å²) >= 11 is 1.36.